The molecule has 6 nitrogen and oxygen atoms in total. The number of ether oxygens (including phenoxy) is 1. The number of aryl methyl sites for hydroxylation is 1. The van der Waals surface area contributed by atoms with E-state index < -0.39 is 10.0 Å². The van der Waals surface area contributed by atoms with E-state index in [2.05, 4.69) is 5.32 Å². The van der Waals surface area contributed by atoms with Gasteiger partial charge in [-0.05, 0) is 68.0 Å². The highest BCUT2D eigenvalue weighted by Gasteiger charge is 2.33. The van der Waals surface area contributed by atoms with E-state index in [-0.39, 0.29) is 23.3 Å². The summed E-state index contributed by atoms with van der Waals surface area (Å²) in [7, 11) is -2.11. The summed E-state index contributed by atoms with van der Waals surface area (Å²) in [5, 5.41) is 2.93. The first kappa shape index (κ1) is 21.7. The van der Waals surface area contributed by atoms with Crippen LogP contribution in [-0.2, 0) is 14.8 Å². The van der Waals surface area contributed by atoms with Gasteiger partial charge in [-0.15, -0.1) is 11.8 Å². The van der Waals surface area contributed by atoms with Gasteiger partial charge in [0.15, 0.2) is 0 Å². The Hall–Kier alpha value is -2.03. The van der Waals surface area contributed by atoms with E-state index in [9.17, 15) is 13.2 Å². The number of anilines is 1. The summed E-state index contributed by atoms with van der Waals surface area (Å²) in [4.78, 5) is 14.0. The van der Waals surface area contributed by atoms with Crippen LogP contribution >= 0.6 is 11.8 Å². The fourth-order valence-corrected chi connectivity index (χ4v) is 5.55. The largest absolute Gasteiger partial charge is 0.496 e. The van der Waals surface area contributed by atoms with Crippen molar-refractivity contribution in [3.63, 3.8) is 0 Å². The smallest absolute Gasteiger partial charge is 0.243 e. The van der Waals surface area contributed by atoms with Gasteiger partial charge in [0.1, 0.15) is 5.75 Å². The predicted molar refractivity (Wildman–Crippen MR) is 116 cm³/mol. The molecular weight excluding hydrogens is 408 g/mol. The van der Waals surface area contributed by atoms with Gasteiger partial charge in [-0.1, -0.05) is 6.07 Å². The quantitative estimate of drug-likeness (QED) is 0.701. The van der Waals surface area contributed by atoms with Crippen molar-refractivity contribution in [2.45, 2.75) is 29.6 Å². The minimum absolute atomic E-state index is 0.144. The molecule has 1 aliphatic heterocycles. The van der Waals surface area contributed by atoms with Crippen molar-refractivity contribution in [2.75, 3.05) is 31.8 Å². The highest BCUT2D eigenvalue weighted by Crippen LogP contribution is 2.28. The summed E-state index contributed by atoms with van der Waals surface area (Å²) in [6.07, 6.45) is 3.30. The Morgan fingerprint density at radius 1 is 1.24 bits per heavy atom. The predicted octanol–water partition coefficient (Wildman–Crippen LogP) is 3.76. The maximum atomic E-state index is 13.1. The lowest BCUT2D eigenvalue weighted by atomic mass is 9.99. The van der Waals surface area contributed by atoms with Crippen LogP contribution in [0.15, 0.2) is 52.3 Å². The van der Waals surface area contributed by atoms with Gasteiger partial charge >= 0.3 is 0 Å². The number of amides is 1. The van der Waals surface area contributed by atoms with Crippen molar-refractivity contribution in [3.05, 3.63) is 48.0 Å². The number of sulfonamides is 1. The topological polar surface area (TPSA) is 75.7 Å². The number of methoxy groups -OCH3 is 1. The molecule has 1 saturated heterocycles. The number of nitrogens with one attached hydrogen (secondary N) is 1. The fraction of sp³-hybridized carbons (Fsp3) is 0.381. The maximum Gasteiger partial charge on any atom is 0.243 e. The summed E-state index contributed by atoms with van der Waals surface area (Å²) in [5.41, 5.74) is 1.49. The van der Waals surface area contributed by atoms with E-state index in [1.165, 1.54) is 4.31 Å². The Morgan fingerprint density at radius 2 is 2.03 bits per heavy atom. The van der Waals surface area contributed by atoms with Crippen molar-refractivity contribution in [2.24, 2.45) is 5.92 Å². The molecule has 1 heterocycles. The second-order valence-electron chi connectivity index (χ2n) is 7.05. The van der Waals surface area contributed by atoms with Crippen LogP contribution in [0.3, 0.4) is 0 Å². The zero-order chi connectivity index (χ0) is 21.0. The Bertz CT molecular complexity index is 992. The van der Waals surface area contributed by atoms with Gasteiger partial charge < -0.3 is 10.1 Å². The van der Waals surface area contributed by atoms with Crippen LogP contribution in [0, 0.1) is 12.8 Å². The van der Waals surface area contributed by atoms with Crippen LogP contribution in [0.4, 0.5) is 5.69 Å². The summed E-state index contributed by atoms with van der Waals surface area (Å²) in [6, 6.07) is 12.5. The molecule has 8 heteroatoms. The summed E-state index contributed by atoms with van der Waals surface area (Å²) >= 11 is 1.60. The Balaban J connectivity index is 1.73. The molecule has 156 valence electrons. The Morgan fingerprint density at radius 3 is 2.72 bits per heavy atom. The monoisotopic (exact) mass is 434 g/mol. The molecule has 2 aromatic carbocycles. The fourth-order valence-electron chi connectivity index (χ4n) is 3.48. The molecule has 1 amide bonds. The first-order valence-corrected chi connectivity index (χ1v) is 12.1. The number of thioether (sulfide) groups is 1. The van der Waals surface area contributed by atoms with Crippen LogP contribution in [0.5, 0.6) is 5.75 Å². The number of hydrogen-bond donors (Lipinski definition) is 1. The van der Waals surface area contributed by atoms with Crippen molar-refractivity contribution in [3.8, 4) is 5.75 Å². The third-order valence-corrected chi connectivity index (χ3v) is 7.68. The van der Waals surface area contributed by atoms with Gasteiger partial charge in [0.05, 0.1) is 17.9 Å². The van der Waals surface area contributed by atoms with Gasteiger partial charge in [-0.25, -0.2) is 8.42 Å². The average molecular weight is 435 g/mol. The van der Waals surface area contributed by atoms with E-state index in [1.54, 1.807) is 37.1 Å². The second-order valence-corrected chi connectivity index (χ2v) is 9.87. The minimum atomic E-state index is -3.67. The highest BCUT2D eigenvalue weighted by molar-refractivity contribution is 7.98. The number of hydrogen-bond acceptors (Lipinski definition) is 5. The standard InChI is InChI=1S/C21H26N2O4S2/c1-15-12-19(9-10-20(15)27-2)29(25,26)23-11-5-6-16(14-23)21(24)22-17-7-4-8-18(13-17)28-3/h4,7-10,12-13,16H,5-6,11,14H2,1-3H3,(H,22,24)/t16-/m1/s1. The Labute approximate surface area is 176 Å². The lowest BCUT2D eigenvalue weighted by molar-refractivity contribution is -0.120. The number of carbonyl (C=O) groups is 1. The molecule has 0 radical (unpaired) electrons. The van der Waals surface area contributed by atoms with Crippen molar-refractivity contribution < 1.29 is 17.9 Å². The molecule has 1 fully saturated rings. The Kier molecular flexibility index (Phi) is 6.87. The first-order valence-electron chi connectivity index (χ1n) is 9.45. The van der Waals surface area contributed by atoms with Gasteiger partial charge in [0.2, 0.25) is 15.9 Å². The highest BCUT2D eigenvalue weighted by atomic mass is 32.2. The number of rotatable bonds is 6. The van der Waals surface area contributed by atoms with Crippen LogP contribution in [0.2, 0.25) is 0 Å². The van der Waals surface area contributed by atoms with E-state index in [0.29, 0.717) is 25.1 Å². The normalized spacial score (nSPS) is 17.7. The summed E-state index contributed by atoms with van der Waals surface area (Å²) < 4.78 is 32.8. The van der Waals surface area contributed by atoms with Crippen LogP contribution in [-0.4, -0.2) is 45.1 Å². The third-order valence-electron chi connectivity index (χ3n) is 5.10. The average Bonchev–Trinajstić information content (AvgIpc) is 2.73. The van der Waals surface area contributed by atoms with Gasteiger partial charge in [0, 0.05) is 23.7 Å². The summed E-state index contributed by atoms with van der Waals surface area (Å²) in [5.74, 6) is 0.122. The SMILES string of the molecule is COc1ccc(S(=O)(=O)N2CCC[C@@H](C(=O)Nc3cccc(SC)c3)C2)cc1C. The number of nitrogens with zero attached hydrogens (tertiary/aromatic N) is 1. The van der Waals surface area contributed by atoms with Crippen LogP contribution in [0.1, 0.15) is 18.4 Å². The van der Waals surface area contributed by atoms with Gasteiger partial charge in [-0.2, -0.15) is 4.31 Å². The van der Waals surface area contributed by atoms with E-state index in [4.69, 9.17) is 4.74 Å². The zero-order valence-corrected chi connectivity index (χ0v) is 18.5. The molecule has 0 spiro atoms. The molecular formula is C21H26N2O4S2. The number of carbonyl (C=O) groups excluding carboxylic acids is 1. The molecule has 0 aromatic heterocycles. The molecule has 0 aliphatic carbocycles. The maximum absolute atomic E-state index is 13.1. The molecule has 0 saturated carbocycles. The van der Waals surface area contributed by atoms with E-state index in [0.717, 1.165) is 16.1 Å². The van der Waals surface area contributed by atoms with Crippen LogP contribution in [0.25, 0.3) is 0 Å². The molecule has 2 aromatic rings. The van der Waals surface area contributed by atoms with Gasteiger partial charge in [0.25, 0.3) is 0 Å². The van der Waals surface area contributed by atoms with E-state index >= 15 is 0 Å². The number of piperidine rings is 1. The lowest BCUT2D eigenvalue weighted by Crippen LogP contribution is -2.43. The van der Waals surface area contributed by atoms with Crippen molar-refractivity contribution in [1.82, 2.24) is 4.31 Å². The third kappa shape index (κ3) is 4.94. The number of benzene rings is 2. The molecule has 3 rings (SSSR count). The zero-order valence-electron chi connectivity index (χ0n) is 16.8. The van der Waals surface area contributed by atoms with Crippen molar-refractivity contribution in [1.29, 1.82) is 0 Å². The molecule has 1 N–H and O–H groups in total. The molecule has 1 aliphatic rings. The van der Waals surface area contributed by atoms with Crippen LogP contribution < -0.4 is 10.1 Å². The molecule has 1 atom stereocenters. The van der Waals surface area contributed by atoms with E-state index in [1.807, 2.05) is 37.4 Å². The molecule has 0 unspecified atom stereocenters. The lowest BCUT2D eigenvalue weighted by Gasteiger charge is -2.31. The van der Waals surface area contributed by atoms with Gasteiger partial charge in [-0.3, -0.25) is 4.79 Å². The minimum Gasteiger partial charge on any atom is -0.496 e. The van der Waals surface area contributed by atoms with Crippen molar-refractivity contribution >= 4 is 33.4 Å². The molecule has 0 bridgehead atoms. The molecule has 29 heavy (non-hydrogen) atoms. The second kappa shape index (κ2) is 9.19. The summed E-state index contributed by atoms with van der Waals surface area (Å²) in [6.45, 7) is 2.41. The first-order chi connectivity index (χ1) is 13.8.